The van der Waals surface area contributed by atoms with E-state index in [1.165, 1.54) is 35.4 Å². The molecule has 0 saturated heterocycles. The van der Waals surface area contributed by atoms with E-state index in [2.05, 4.69) is 21.3 Å². The Balaban J connectivity index is 1.25. The maximum Gasteiger partial charge on any atom is 0.287 e. The molecule has 4 amide bonds. The van der Waals surface area contributed by atoms with E-state index in [1.54, 1.807) is 6.92 Å². The van der Waals surface area contributed by atoms with Gasteiger partial charge in [-0.15, -0.1) is 11.3 Å². The van der Waals surface area contributed by atoms with E-state index in [4.69, 9.17) is 23.2 Å². The van der Waals surface area contributed by atoms with Crippen LogP contribution < -0.4 is 26.8 Å². The molecule has 2 heterocycles. The third kappa shape index (κ3) is 7.35. The molecule has 4 aliphatic rings. The van der Waals surface area contributed by atoms with Crippen LogP contribution in [0.2, 0.25) is 8.67 Å². The van der Waals surface area contributed by atoms with E-state index in [0.29, 0.717) is 11.8 Å². The number of hydrogen-bond acceptors (Lipinski definition) is 7. The first-order valence-corrected chi connectivity index (χ1v) is 16.5. The molecule has 0 aromatic carbocycles. The molecule has 4 N–H and O–H groups in total. The van der Waals surface area contributed by atoms with Crippen LogP contribution in [-0.4, -0.2) is 52.6 Å². The van der Waals surface area contributed by atoms with Gasteiger partial charge in [-0.25, -0.2) is 0 Å². The lowest BCUT2D eigenvalue weighted by Gasteiger charge is -2.54. The van der Waals surface area contributed by atoms with Crippen LogP contribution in [0.4, 0.5) is 5.69 Å². The zero-order valence-electron chi connectivity index (χ0n) is 24.2. The maximum atomic E-state index is 13.3. The Labute approximate surface area is 268 Å². The molecule has 0 aliphatic heterocycles. The summed E-state index contributed by atoms with van der Waals surface area (Å²) in [6.45, 7) is 1.71. The number of carbonyl (C=O) groups excluding carboxylic acids is 5. The van der Waals surface area contributed by atoms with E-state index in [9.17, 15) is 28.8 Å². The highest BCUT2D eigenvalue weighted by atomic mass is 35.5. The number of thiophene rings is 1. The quantitative estimate of drug-likeness (QED) is 0.255. The van der Waals surface area contributed by atoms with Gasteiger partial charge < -0.3 is 25.8 Å². The molecule has 6 rings (SSSR count). The Kier molecular flexibility index (Phi) is 10.1. The van der Waals surface area contributed by atoms with Crippen LogP contribution in [0.1, 0.15) is 62.2 Å². The predicted molar refractivity (Wildman–Crippen MR) is 167 cm³/mol. The maximum absolute atomic E-state index is 13.3. The number of ketones is 1. The van der Waals surface area contributed by atoms with Crippen LogP contribution in [0.3, 0.4) is 0 Å². The minimum Gasteiger partial charge on any atom is -0.351 e. The van der Waals surface area contributed by atoms with Crippen molar-refractivity contribution < 1.29 is 24.0 Å². The summed E-state index contributed by atoms with van der Waals surface area (Å²) in [4.78, 5) is 76.8. The molecule has 0 radical (unpaired) electrons. The summed E-state index contributed by atoms with van der Waals surface area (Å²) in [5.74, 6) is -0.792. The molecule has 4 saturated carbocycles. The normalized spacial score (nSPS) is 23.9. The highest BCUT2D eigenvalue weighted by molar-refractivity contribution is 7.20. The molecule has 0 spiro atoms. The molecular formula is C30H35Cl2N5O6S. The lowest BCUT2D eigenvalue weighted by molar-refractivity contribution is -0.138. The first-order valence-electron chi connectivity index (χ1n) is 14.9. The lowest BCUT2D eigenvalue weighted by atomic mass is 9.54. The van der Waals surface area contributed by atoms with Gasteiger partial charge in [0.1, 0.15) is 22.6 Å². The van der Waals surface area contributed by atoms with E-state index in [0.717, 1.165) is 48.9 Å². The number of rotatable bonds is 12. The van der Waals surface area contributed by atoms with Crippen LogP contribution in [0.15, 0.2) is 29.2 Å². The topological polar surface area (TPSA) is 155 Å². The van der Waals surface area contributed by atoms with E-state index >= 15 is 0 Å². The summed E-state index contributed by atoms with van der Waals surface area (Å²) in [7, 11) is 0. The predicted octanol–water partition coefficient (Wildman–Crippen LogP) is 3.38. The molecule has 1 atom stereocenters. The Hall–Kier alpha value is -3.22. The van der Waals surface area contributed by atoms with Crippen LogP contribution in [0, 0.1) is 23.7 Å². The zero-order chi connectivity index (χ0) is 31.5. The number of nitrogens with one attached hydrogen (secondary N) is 4. The second kappa shape index (κ2) is 13.8. The van der Waals surface area contributed by atoms with Crippen LogP contribution in [-0.2, 0) is 25.7 Å². The van der Waals surface area contributed by atoms with Gasteiger partial charge in [-0.1, -0.05) is 23.2 Å². The van der Waals surface area contributed by atoms with Crippen LogP contribution in [0.25, 0.3) is 0 Å². The van der Waals surface area contributed by atoms with Crippen LogP contribution >= 0.6 is 34.5 Å². The SMILES string of the molecule is CCNC(=O)C(=O)CC[C@H](NC(=O)c1cc(Cl)sc1Cl)C(=O)Nc1cccn(CC(=O)NC2C3CC4CC(C3)CC2C4)c1=O. The molecule has 2 aromatic heterocycles. The number of anilines is 1. The second-order valence-corrected chi connectivity index (χ2v) is 14.2. The number of Topliss-reactive ketones (excluding diaryl/α,β-unsaturated/α-hetero) is 1. The van der Waals surface area contributed by atoms with Crippen molar-refractivity contribution in [2.75, 3.05) is 11.9 Å². The van der Waals surface area contributed by atoms with Crippen molar-refractivity contribution in [3.05, 3.63) is 49.0 Å². The number of pyridine rings is 1. The van der Waals surface area contributed by atoms with Gasteiger partial charge in [-0.2, -0.15) is 0 Å². The summed E-state index contributed by atoms with van der Waals surface area (Å²) in [5.41, 5.74) is -0.662. The smallest absolute Gasteiger partial charge is 0.287 e. The number of likely N-dealkylation sites (N-methyl/N-ethyl adjacent to an activating group) is 1. The molecule has 14 heteroatoms. The summed E-state index contributed by atoms with van der Waals surface area (Å²) < 4.78 is 1.60. The number of aromatic nitrogens is 1. The monoisotopic (exact) mass is 663 g/mol. The number of halogens is 2. The first-order chi connectivity index (χ1) is 21.0. The summed E-state index contributed by atoms with van der Waals surface area (Å²) in [5, 5.41) is 10.6. The van der Waals surface area contributed by atoms with Gasteiger partial charge in [0.2, 0.25) is 17.6 Å². The molecule has 236 valence electrons. The fourth-order valence-electron chi connectivity index (χ4n) is 7.17. The van der Waals surface area contributed by atoms with Crippen LogP contribution in [0.5, 0.6) is 0 Å². The van der Waals surface area contributed by atoms with Crippen molar-refractivity contribution >= 4 is 69.6 Å². The van der Waals surface area contributed by atoms with Crippen molar-refractivity contribution in [3.63, 3.8) is 0 Å². The minimum atomic E-state index is -1.30. The second-order valence-electron chi connectivity index (χ2n) is 12.0. The van der Waals surface area contributed by atoms with Crippen molar-refractivity contribution in [2.24, 2.45) is 23.7 Å². The Bertz CT molecular complexity index is 1500. The summed E-state index contributed by atoms with van der Waals surface area (Å²) >= 11 is 13.0. The number of carbonyl (C=O) groups is 5. The fraction of sp³-hybridized carbons (Fsp3) is 0.533. The Morgan fingerprint density at radius 3 is 2.34 bits per heavy atom. The van der Waals surface area contributed by atoms with E-state index < -0.39 is 35.1 Å². The van der Waals surface area contributed by atoms with Crippen molar-refractivity contribution in [2.45, 2.75) is 70.5 Å². The largest absolute Gasteiger partial charge is 0.351 e. The molecule has 4 fully saturated rings. The van der Waals surface area contributed by atoms with Gasteiger partial charge in [0.05, 0.1) is 9.90 Å². The first kappa shape index (κ1) is 32.2. The highest BCUT2D eigenvalue weighted by Crippen LogP contribution is 2.53. The van der Waals surface area contributed by atoms with E-state index in [-0.39, 0.29) is 57.8 Å². The van der Waals surface area contributed by atoms with E-state index in [1.807, 2.05) is 0 Å². The van der Waals surface area contributed by atoms with Crippen molar-refractivity contribution in [1.82, 2.24) is 20.5 Å². The summed E-state index contributed by atoms with van der Waals surface area (Å²) in [6, 6.07) is 3.10. The molecule has 2 aromatic rings. The molecule has 4 bridgehead atoms. The van der Waals surface area contributed by atoms with Gasteiger partial charge in [0.15, 0.2) is 0 Å². The van der Waals surface area contributed by atoms with Gasteiger partial charge in [-0.3, -0.25) is 28.8 Å². The number of nitrogens with zero attached hydrogens (tertiary/aromatic N) is 1. The van der Waals surface area contributed by atoms with Gasteiger partial charge in [0, 0.05) is 25.2 Å². The number of amides is 4. The van der Waals surface area contributed by atoms with Gasteiger partial charge in [-0.05, 0) is 87.3 Å². The Morgan fingerprint density at radius 2 is 1.73 bits per heavy atom. The average Bonchev–Trinajstić information content (AvgIpc) is 3.32. The summed E-state index contributed by atoms with van der Waals surface area (Å²) in [6.07, 6.45) is 6.82. The van der Waals surface area contributed by atoms with Gasteiger partial charge in [0.25, 0.3) is 17.4 Å². The molecule has 4 aliphatic carbocycles. The minimum absolute atomic E-state index is 0.0433. The molecule has 0 unspecified atom stereocenters. The average molecular weight is 665 g/mol. The third-order valence-corrected chi connectivity index (χ3v) is 10.4. The highest BCUT2D eigenvalue weighted by Gasteiger charge is 2.48. The van der Waals surface area contributed by atoms with Crippen molar-refractivity contribution in [1.29, 1.82) is 0 Å². The van der Waals surface area contributed by atoms with Gasteiger partial charge >= 0.3 is 0 Å². The molecule has 44 heavy (non-hydrogen) atoms. The standard InChI is InChI=1S/C30H35Cl2N5O6S/c1-2-33-29(42)22(38)6-5-20(34-27(40)19-13-23(31)44-26(19)32)28(41)35-21-4-3-7-37(30(21)43)14-24(39)36-25-17-9-15-8-16(11-17)12-18(25)10-15/h3-4,7,13,15-18,20,25H,2,5-6,8-12,14H2,1H3,(H,33,42)(H,34,40)(H,35,41)(H,36,39)/t15?,16?,17?,18?,20-,25?/m0/s1. The molecular weight excluding hydrogens is 629 g/mol. The lowest BCUT2D eigenvalue weighted by Crippen LogP contribution is -2.56. The fourth-order valence-corrected chi connectivity index (χ4v) is 8.63. The third-order valence-electron chi connectivity index (χ3n) is 8.92. The Morgan fingerprint density at radius 1 is 1.05 bits per heavy atom. The zero-order valence-corrected chi connectivity index (χ0v) is 26.5. The number of hydrogen-bond donors (Lipinski definition) is 4. The molecule has 11 nitrogen and oxygen atoms in total. The van der Waals surface area contributed by atoms with Crippen molar-refractivity contribution in [3.8, 4) is 0 Å².